The minimum absolute atomic E-state index is 0.0338. The van der Waals surface area contributed by atoms with E-state index in [0.717, 1.165) is 19.3 Å². The Hall–Kier alpha value is -2.50. The Morgan fingerprint density at radius 1 is 1.04 bits per heavy atom. The monoisotopic (exact) mass is 354 g/mol. The van der Waals surface area contributed by atoms with Crippen LogP contribution in [0.25, 0.3) is 0 Å². The maximum absolute atomic E-state index is 12.6. The van der Waals surface area contributed by atoms with Crippen molar-refractivity contribution in [2.24, 2.45) is 23.7 Å². The van der Waals surface area contributed by atoms with Gasteiger partial charge in [-0.15, -0.1) is 0 Å². The Bertz CT molecular complexity index is 758. The highest BCUT2D eigenvalue weighted by Gasteiger charge is 2.60. The predicted molar refractivity (Wildman–Crippen MR) is 94.2 cm³/mol. The number of nitrogens with one attached hydrogen (secondary N) is 1. The number of ketones is 1. The summed E-state index contributed by atoms with van der Waals surface area (Å²) in [6.07, 6.45) is 3.20. The van der Waals surface area contributed by atoms with Crippen molar-refractivity contribution in [2.75, 3.05) is 11.9 Å². The van der Waals surface area contributed by atoms with Gasteiger partial charge in [0.1, 0.15) is 0 Å². The van der Waals surface area contributed by atoms with E-state index in [2.05, 4.69) is 5.32 Å². The normalized spacial score (nSPS) is 29.2. The number of anilines is 1. The quantitative estimate of drug-likeness (QED) is 0.649. The van der Waals surface area contributed by atoms with Crippen LogP contribution < -0.4 is 5.32 Å². The third-order valence-corrected chi connectivity index (χ3v) is 6.16. The highest BCUT2D eigenvalue weighted by atomic mass is 16.2. The van der Waals surface area contributed by atoms with Crippen molar-refractivity contribution < 1.29 is 19.2 Å². The fourth-order valence-electron chi connectivity index (χ4n) is 4.92. The van der Waals surface area contributed by atoms with Crippen LogP contribution in [0.5, 0.6) is 0 Å². The molecule has 6 nitrogen and oxygen atoms in total. The van der Waals surface area contributed by atoms with E-state index in [0.29, 0.717) is 23.1 Å². The molecule has 1 aromatic carbocycles. The van der Waals surface area contributed by atoms with Gasteiger partial charge in [-0.2, -0.15) is 0 Å². The first-order valence-corrected chi connectivity index (χ1v) is 9.22. The molecule has 4 atom stereocenters. The summed E-state index contributed by atoms with van der Waals surface area (Å²) in [6, 6.07) is 6.65. The number of carbonyl (C=O) groups excluding carboxylic acids is 4. The van der Waals surface area contributed by atoms with Crippen molar-refractivity contribution in [3.8, 4) is 0 Å². The number of imide groups is 1. The third kappa shape index (κ3) is 2.73. The van der Waals surface area contributed by atoms with Gasteiger partial charge in [0.15, 0.2) is 5.78 Å². The minimum Gasteiger partial charge on any atom is -0.326 e. The molecule has 2 saturated carbocycles. The van der Waals surface area contributed by atoms with Crippen molar-refractivity contribution >= 4 is 29.2 Å². The second-order valence-electron chi connectivity index (χ2n) is 7.64. The molecule has 3 amide bonds. The van der Waals surface area contributed by atoms with E-state index in [1.165, 1.54) is 11.8 Å². The SMILES string of the molecule is CC(=O)c1ccc(NC(=O)CCN2C(=O)[C@H]3[C@@H]4CC[C@@H](C4)[C@@H]3C2=O)cc1. The summed E-state index contributed by atoms with van der Waals surface area (Å²) in [6.45, 7) is 1.63. The first-order valence-electron chi connectivity index (χ1n) is 9.22. The fourth-order valence-corrected chi connectivity index (χ4v) is 4.92. The smallest absolute Gasteiger partial charge is 0.233 e. The summed E-state index contributed by atoms with van der Waals surface area (Å²) in [5.41, 5.74) is 1.17. The van der Waals surface area contributed by atoms with Crippen LogP contribution in [0.4, 0.5) is 5.69 Å². The fraction of sp³-hybridized carbons (Fsp3) is 0.500. The van der Waals surface area contributed by atoms with Crippen molar-refractivity contribution in [3.63, 3.8) is 0 Å². The van der Waals surface area contributed by atoms with Crippen molar-refractivity contribution in [2.45, 2.75) is 32.6 Å². The van der Waals surface area contributed by atoms with Gasteiger partial charge in [-0.25, -0.2) is 0 Å². The summed E-state index contributed by atoms with van der Waals surface area (Å²) in [7, 11) is 0. The summed E-state index contributed by atoms with van der Waals surface area (Å²) < 4.78 is 0. The Morgan fingerprint density at radius 3 is 2.15 bits per heavy atom. The number of hydrogen-bond donors (Lipinski definition) is 1. The average Bonchev–Trinajstić information content (AvgIpc) is 3.28. The van der Waals surface area contributed by atoms with Crippen LogP contribution in [0, 0.1) is 23.7 Å². The topological polar surface area (TPSA) is 83.6 Å². The van der Waals surface area contributed by atoms with Crippen LogP contribution in [-0.4, -0.2) is 34.9 Å². The van der Waals surface area contributed by atoms with E-state index >= 15 is 0 Å². The maximum atomic E-state index is 12.6. The Balaban J connectivity index is 1.34. The van der Waals surface area contributed by atoms with E-state index in [1.807, 2.05) is 0 Å². The van der Waals surface area contributed by atoms with E-state index in [1.54, 1.807) is 24.3 Å². The molecular formula is C20H22N2O4. The molecule has 1 heterocycles. The first-order chi connectivity index (χ1) is 12.5. The lowest BCUT2D eigenvalue weighted by molar-refractivity contribution is -0.140. The van der Waals surface area contributed by atoms with Gasteiger partial charge in [-0.05, 0) is 62.3 Å². The summed E-state index contributed by atoms with van der Waals surface area (Å²) in [5.74, 6) is 0.0123. The minimum atomic E-state index is -0.249. The molecule has 26 heavy (non-hydrogen) atoms. The standard InChI is InChI=1S/C20H22N2O4/c1-11(23)12-4-6-15(7-5-12)21-16(24)8-9-22-19(25)17-13-2-3-14(10-13)18(17)20(22)26/h4-7,13-14,17-18H,2-3,8-10H2,1H3,(H,21,24)/t13-,14+,17-,18-/m0/s1. The molecule has 136 valence electrons. The Kier molecular flexibility index (Phi) is 4.13. The van der Waals surface area contributed by atoms with Gasteiger partial charge >= 0.3 is 0 Å². The predicted octanol–water partition coefficient (Wildman–Crippen LogP) is 2.25. The third-order valence-electron chi connectivity index (χ3n) is 6.16. The lowest BCUT2D eigenvalue weighted by atomic mass is 9.81. The van der Waals surface area contributed by atoms with Crippen LogP contribution in [0.15, 0.2) is 24.3 Å². The molecule has 1 saturated heterocycles. The van der Waals surface area contributed by atoms with Gasteiger partial charge in [-0.3, -0.25) is 24.1 Å². The largest absolute Gasteiger partial charge is 0.326 e. The van der Waals surface area contributed by atoms with Gasteiger partial charge in [0.25, 0.3) is 0 Å². The highest BCUT2D eigenvalue weighted by molar-refractivity contribution is 6.06. The number of carbonyl (C=O) groups is 4. The van der Waals surface area contributed by atoms with Gasteiger partial charge in [-0.1, -0.05) is 0 Å². The van der Waals surface area contributed by atoms with E-state index in [4.69, 9.17) is 0 Å². The zero-order valence-electron chi connectivity index (χ0n) is 14.7. The van der Waals surface area contributed by atoms with Crippen molar-refractivity contribution in [3.05, 3.63) is 29.8 Å². The number of Topliss-reactive ketones (excluding diaryl/α,β-unsaturated/α-hetero) is 1. The van der Waals surface area contributed by atoms with Crippen LogP contribution >= 0.6 is 0 Å². The molecule has 2 bridgehead atoms. The number of benzene rings is 1. The number of fused-ring (bicyclic) bond motifs is 5. The lowest BCUT2D eigenvalue weighted by Crippen LogP contribution is -2.35. The Labute approximate surface area is 151 Å². The maximum Gasteiger partial charge on any atom is 0.233 e. The molecule has 4 rings (SSSR count). The van der Waals surface area contributed by atoms with E-state index in [-0.39, 0.29) is 48.3 Å². The summed E-state index contributed by atoms with van der Waals surface area (Å²) in [5, 5.41) is 2.74. The second-order valence-corrected chi connectivity index (χ2v) is 7.64. The van der Waals surface area contributed by atoms with Gasteiger partial charge in [0.05, 0.1) is 11.8 Å². The zero-order valence-corrected chi connectivity index (χ0v) is 14.7. The van der Waals surface area contributed by atoms with Crippen molar-refractivity contribution in [1.29, 1.82) is 0 Å². The molecule has 0 aromatic heterocycles. The average molecular weight is 354 g/mol. The number of nitrogens with zero attached hydrogens (tertiary/aromatic N) is 1. The number of hydrogen-bond acceptors (Lipinski definition) is 4. The number of amides is 3. The molecule has 0 radical (unpaired) electrons. The van der Waals surface area contributed by atoms with Gasteiger partial charge < -0.3 is 5.32 Å². The molecule has 1 N–H and O–H groups in total. The van der Waals surface area contributed by atoms with Crippen LogP contribution in [0.3, 0.4) is 0 Å². The molecule has 3 fully saturated rings. The molecule has 1 aromatic rings. The van der Waals surface area contributed by atoms with E-state index in [9.17, 15) is 19.2 Å². The molecule has 0 spiro atoms. The summed E-state index contributed by atoms with van der Waals surface area (Å²) in [4.78, 5) is 49.9. The molecule has 0 unspecified atom stereocenters. The Morgan fingerprint density at radius 2 is 1.62 bits per heavy atom. The second kappa shape index (κ2) is 6.34. The van der Waals surface area contributed by atoms with Crippen molar-refractivity contribution in [1.82, 2.24) is 4.90 Å². The van der Waals surface area contributed by atoms with E-state index < -0.39 is 0 Å². The van der Waals surface area contributed by atoms with Gasteiger partial charge in [0.2, 0.25) is 17.7 Å². The number of likely N-dealkylation sites (tertiary alicyclic amines) is 1. The molecule has 1 aliphatic heterocycles. The highest BCUT2D eigenvalue weighted by Crippen LogP contribution is 2.56. The van der Waals surface area contributed by atoms with Crippen LogP contribution in [0.1, 0.15) is 43.0 Å². The number of rotatable bonds is 5. The molecule has 6 heteroatoms. The first kappa shape index (κ1) is 16.9. The molecule has 2 aliphatic carbocycles. The molecular weight excluding hydrogens is 332 g/mol. The molecule has 3 aliphatic rings. The zero-order chi connectivity index (χ0) is 18.4. The van der Waals surface area contributed by atoms with Crippen LogP contribution in [0.2, 0.25) is 0 Å². The van der Waals surface area contributed by atoms with Crippen LogP contribution in [-0.2, 0) is 14.4 Å². The lowest BCUT2D eigenvalue weighted by Gasteiger charge is -2.19. The van der Waals surface area contributed by atoms with Gasteiger partial charge in [0, 0.05) is 24.2 Å². The summed E-state index contributed by atoms with van der Waals surface area (Å²) >= 11 is 0.